The molecule has 1 amide bonds. The zero-order valence-corrected chi connectivity index (χ0v) is 14.3. The molecule has 3 heterocycles. The average molecular weight is 345 g/mol. The van der Waals surface area contributed by atoms with Crippen molar-refractivity contribution in [1.82, 2.24) is 14.9 Å². The Hall–Kier alpha value is -2.15. The Balaban J connectivity index is 1.36. The highest BCUT2D eigenvalue weighted by Crippen LogP contribution is 2.31. The molecule has 24 heavy (non-hydrogen) atoms. The fraction of sp³-hybridized carbons (Fsp3) is 0.412. The zero-order valence-electron chi connectivity index (χ0n) is 13.4. The molecule has 2 aliphatic rings. The molecule has 2 aliphatic heterocycles. The number of carbonyl (C=O) groups is 1. The van der Waals surface area contributed by atoms with Crippen LogP contribution in [0.5, 0.6) is 11.5 Å². The zero-order chi connectivity index (χ0) is 16.5. The largest absolute Gasteiger partial charge is 0.497 e. The first-order valence-corrected chi connectivity index (χ1v) is 8.98. The number of carbonyl (C=O) groups excluding carboxylic acids is 1. The van der Waals surface area contributed by atoms with Crippen LogP contribution in [0.3, 0.4) is 0 Å². The molecule has 0 radical (unpaired) electrons. The third kappa shape index (κ3) is 2.96. The smallest absolute Gasteiger partial charge is 0.227 e. The first-order valence-electron chi connectivity index (χ1n) is 7.99. The number of hydrogen-bond acceptors (Lipinski definition) is 5. The maximum absolute atomic E-state index is 12.4. The molecule has 7 heteroatoms. The minimum absolute atomic E-state index is 0.0114. The van der Waals surface area contributed by atoms with E-state index in [1.165, 1.54) is 0 Å². The minimum atomic E-state index is -0.172. The molecule has 0 bridgehead atoms. The summed E-state index contributed by atoms with van der Waals surface area (Å²) in [6.45, 7) is 1.85. The summed E-state index contributed by atoms with van der Waals surface area (Å²) in [7, 11) is 1.63. The Bertz CT molecular complexity index is 753. The summed E-state index contributed by atoms with van der Waals surface area (Å²) < 4.78 is 13.1. The second-order valence-electron chi connectivity index (χ2n) is 5.96. The molecule has 6 nitrogen and oxygen atoms in total. The molecule has 0 aliphatic carbocycles. The van der Waals surface area contributed by atoms with Gasteiger partial charge in [0.2, 0.25) is 5.91 Å². The molecule has 0 fully saturated rings. The topological polar surface area (TPSA) is 65.4 Å². The molecule has 1 N–H and O–H groups in total. The number of aromatic nitrogens is 2. The quantitative estimate of drug-likeness (QED) is 0.916. The number of rotatable bonds is 4. The predicted molar refractivity (Wildman–Crippen MR) is 90.5 cm³/mol. The van der Waals surface area contributed by atoms with Crippen molar-refractivity contribution in [2.75, 3.05) is 19.5 Å². The van der Waals surface area contributed by atoms with E-state index >= 15 is 0 Å². The van der Waals surface area contributed by atoms with E-state index < -0.39 is 0 Å². The Kier molecular flexibility index (Phi) is 4.10. The first-order chi connectivity index (χ1) is 11.7. The van der Waals surface area contributed by atoms with Gasteiger partial charge in [0, 0.05) is 24.6 Å². The Morgan fingerprint density at radius 1 is 1.54 bits per heavy atom. The van der Waals surface area contributed by atoms with E-state index in [9.17, 15) is 4.79 Å². The van der Waals surface area contributed by atoms with Crippen LogP contribution in [0.4, 0.5) is 0 Å². The van der Waals surface area contributed by atoms with Gasteiger partial charge in [-0.1, -0.05) is 17.8 Å². The fourth-order valence-corrected chi connectivity index (χ4v) is 3.98. The number of thioether (sulfide) groups is 1. The van der Waals surface area contributed by atoms with Crippen LogP contribution < -0.4 is 14.8 Å². The number of amides is 1. The second kappa shape index (κ2) is 6.39. The van der Waals surface area contributed by atoms with Gasteiger partial charge in [0.15, 0.2) is 5.16 Å². The molecule has 1 unspecified atom stereocenters. The molecule has 2 aromatic rings. The van der Waals surface area contributed by atoms with Crippen LogP contribution in [-0.4, -0.2) is 34.9 Å². The van der Waals surface area contributed by atoms with Crippen LogP contribution in [0.25, 0.3) is 0 Å². The van der Waals surface area contributed by atoms with E-state index in [0.717, 1.165) is 40.2 Å². The van der Waals surface area contributed by atoms with Crippen molar-refractivity contribution in [2.45, 2.75) is 24.7 Å². The summed E-state index contributed by atoms with van der Waals surface area (Å²) in [4.78, 5) is 17.0. The minimum Gasteiger partial charge on any atom is -0.497 e. The van der Waals surface area contributed by atoms with Gasteiger partial charge >= 0.3 is 0 Å². The van der Waals surface area contributed by atoms with Gasteiger partial charge in [-0.2, -0.15) is 0 Å². The highest BCUT2D eigenvalue weighted by molar-refractivity contribution is 7.99. The van der Waals surface area contributed by atoms with Crippen molar-refractivity contribution in [1.29, 1.82) is 0 Å². The highest BCUT2D eigenvalue weighted by atomic mass is 32.2. The maximum atomic E-state index is 12.4. The molecule has 1 aromatic carbocycles. The van der Waals surface area contributed by atoms with Crippen LogP contribution in [0.2, 0.25) is 0 Å². The van der Waals surface area contributed by atoms with Crippen molar-refractivity contribution < 1.29 is 14.3 Å². The molecule has 0 spiro atoms. The molecule has 126 valence electrons. The number of hydrogen-bond donors (Lipinski definition) is 1. The number of methoxy groups -OCH3 is 1. The first kappa shape index (κ1) is 15.4. The number of benzene rings is 1. The van der Waals surface area contributed by atoms with Crippen molar-refractivity contribution >= 4 is 17.7 Å². The van der Waals surface area contributed by atoms with Crippen LogP contribution >= 0.6 is 11.8 Å². The molecular weight excluding hydrogens is 326 g/mol. The van der Waals surface area contributed by atoms with E-state index in [-0.39, 0.29) is 11.8 Å². The lowest BCUT2D eigenvalue weighted by atomic mass is 9.96. The van der Waals surface area contributed by atoms with E-state index in [0.29, 0.717) is 19.6 Å². The van der Waals surface area contributed by atoms with E-state index in [4.69, 9.17) is 9.47 Å². The second-order valence-corrected chi connectivity index (χ2v) is 7.02. The van der Waals surface area contributed by atoms with Gasteiger partial charge < -0.3 is 19.4 Å². The van der Waals surface area contributed by atoms with E-state index in [1.54, 1.807) is 18.9 Å². The maximum Gasteiger partial charge on any atom is 0.227 e. The van der Waals surface area contributed by atoms with Gasteiger partial charge in [0.1, 0.15) is 18.1 Å². The van der Waals surface area contributed by atoms with Gasteiger partial charge in [-0.25, -0.2) is 4.98 Å². The third-order valence-corrected chi connectivity index (χ3v) is 5.32. The lowest BCUT2D eigenvalue weighted by Gasteiger charge is -2.24. The van der Waals surface area contributed by atoms with Gasteiger partial charge in [0.25, 0.3) is 0 Å². The lowest BCUT2D eigenvalue weighted by Crippen LogP contribution is -2.37. The summed E-state index contributed by atoms with van der Waals surface area (Å²) in [6.07, 6.45) is 2.70. The highest BCUT2D eigenvalue weighted by Gasteiger charge is 2.26. The van der Waals surface area contributed by atoms with Crippen LogP contribution in [-0.2, 0) is 24.3 Å². The van der Waals surface area contributed by atoms with E-state index in [2.05, 4.69) is 14.9 Å². The van der Waals surface area contributed by atoms with Gasteiger partial charge in [-0.05, 0) is 18.1 Å². The number of nitrogens with zero attached hydrogens (tertiary/aromatic N) is 2. The van der Waals surface area contributed by atoms with Gasteiger partial charge in [-0.15, -0.1) is 0 Å². The number of imidazole rings is 1. The van der Waals surface area contributed by atoms with Gasteiger partial charge in [0.05, 0.1) is 25.3 Å². The molecule has 1 atom stereocenters. The summed E-state index contributed by atoms with van der Waals surface area (Å²) in [5.41, 5.74) is 1.95. The summed E-state index contributed by atoms with van der Waals surface area (Å²) in [5.74, 6) is 2.49. The van der Waals surface area contributed by atoms with E-state index in [1.807, 2.05) is 24.4 Å². The molecule has 0 saturated heterocycles. The van der Waals surface area contributed by atoms with Crippen LogP contribution in [0.1, 0.15) is 11.3 Å². The van der Waals surface area contributed by atoms with Crippen molar-refractivity contribution in [2.24, 2.45) is 5.92 Å². The van der Waals surface area contributed by atoms with Gasteiger partial charge in [-0.3, -0.25) is 4.79 Å². The summed E-state index contributed by atoms with van der Waals surface area (Å²) in [5, 5.41) is 4.03. The number of fused-ring (bicyclic) bond motifs is 2. The van der Waals surface area contributed by atoms with Crippen molar-refractivity contribution in [3.8, 4) is 11.5 Å². The van der Waals surface area contributed by atoms with Crippen LogP contribution in [0, 0.1) is 5.92 Å². The summed E-state index contributed by atoms with van der Waals surface area (Å²) >= 11 is 1.76. The monoisotopic (exact) mass is 345 g/mol. The fourth-order valence-electron chi connectivity index (χ4n) is 3.02. The Labute approximate surface area is 144 Å². The standard InChI is InChI=1S/C17H19N3O3S/c1-22-14-3-2-11-6-12(10-23-15(11)7-14)16(21)18-8-13-9-20-4-5-24-17(20)19-13/h2-3,7,9,12H,4-6,8,10H2,1H3,(H,18,21). The normalized spacial score (nSPS) is 18.5. The molecule has 1 aromatic heterocycles. The lowest BCUT2D eigenvalue weighted by molar-refractivity contribution is -0.126. The predicted octanol–water partition coefficient (Wildman–Crippen LogP) is 1.86. The number of aryl methyl sites for hydroxylation is 1. The SMILES string of the molecule is COc1ccc2c(c1)OCC(C(=O)NCc1cn3c(n1)SCC3)C2. The molecule has 4 rings (SSSR count). The number of ether oxygens (including phenoxy) is 2. The Morgan fingerprint density at radius 3 is 3.29 bits per heavy atom. The average Bonchev–Trinajstić information content (AvgIpc) is 3.20. The molecule has 0 saturated carbocycles. The summed E-state index contributed by atoms with van der Waals surface area (Å²) in [6, 6.07) is 5.73. The van der Waals surface area contributed by atoms with Crippen molar-refractivity contribution in [3.63, 3.8) is 0 Å². The third-order valence-electron chi connectivity index (χ3n) is 4.35. The number of nitrogens with one attached hydrogen (secondary N) is 1. The Morgan fingerprint density at radius 2 is 2.46 bits per heavy atom. The van der Waals surface area contributed by atoms with Crippen LogP contribution in [0.15, 0.2) is 29.6 Å². The van der Waals surface area contributed by atoms with Crippen molar-refractivity contribution in [3.05, 3.63) is 35.7 Å². The molecular formula is C17H19N3O3S.